The Morgan fingerprint density at radius 3 is 2.87 bits per heavy atom. The van der Waals surface area contributed by atoms with Gasteiger partial charge in [-0.2, -0.15) is 0 Å². The predicted molar refractivity (Wildman–Crippen MR) is 63.2 cm³/mol. The topological polar surface area (TPSA) is 29.5 Å². The Morgan fingerprint density at radius 1 is 1.47 bits per heavy atom. The summed E-state index contributed by atoms with van der Waals surface area (Å²) in [4.78, 5) is 0. The summed E-state index contributed by atoms with van der Waals surface area (Å²) in [7, 11) is 0. The summed E-state index contributed by atoms with van der Waals surface area (Å²) in [6, 6.07) is 3.96. The van der Waals surface area contributed by atoms with Crippen LogP contribution >= 0.6 is 15.9 Å². The van der Waals surface area contributed by atoms with Crippen molar-refractivity contribution in [3.05, 3.63) is 27.7 Å². The van der Waals surface area contributed by atoms with Gasteiger partial charge in [-0.3, -0.25) is 0 Å². The van der Waals surface area contributed by atoms with Crippen LogP contribution in [0.4, 0.5) is 0 Å². The standard InChI is InChI=1S/C12H15BrO2/c1-3-4-10-11(14)9-6-8(13)5-7(2)12(9)15-10/h5-6,10-11,14H,3-4H2,1-2H3. The van der Waals surface area contributed by atoms with E-state index in [-0.39, 0.29) is 6.10 Å². The minimum Gasteiger partial charge on any atom is -0.487 e. The average molecular weight is 271 g/mol. The number of aryl methyl sites for hydroxylation is 1. The van der Waals surface area contributed by atoms with Crippen molar-refractivity contribution < 1.29 is 9.84 Å². The summed E-state index contributed by atoms with van der Waals surface area (Å²) < 4.78 is 6.77. The normalized spacial score (nSPS) is 23.7. The van der Waals surface area contributed by atoms with Crippen LogP contribution in [0, 0.1) is 6.92 Å². The van der Waals surface area contributed by atoms with E-state index >= 15 is 0 Å². The highest BCUT2D eigenvalue weighted by Gasteiger charge is 2.33. The molecule has 1 heterocycles. The van der Waals surface area contributed by atoms with Gasteiger partial charge >= 0.3 is 0 Å². The Labute approximate surface area is 98.4 Å². The van der Waals surface area contributed by atoms with Crippen molar-refractivity contribution in [2.24, 2.45) is 0 Å². The second-order valence-corrected chi connectivity index (χ2v) is 4.95. The van der Waals surface area contributed by atoms with E-state index in [4.69, 9.17) is 4.74 Å². The van der Waals surface area contributed by atoms with Gasteiger partial charge < -0.3 is 9.84 Å². The fourth-order valence-electron chi connectivity index (χ4n) is 2.05. The third kappa shape index (κ3) is 1.91. The van der Waals surface area contributed by atoms with Gasteiger partial charge in [-0.1, -0.05) is 29.3 Å². The first-order valence-electron chi connectivity index (χ1n) is 5.28. The molecule has 2 unspecified atom stereocenters. The van der Waals surface area contributed by atoms with Gasteiger partial charge in [0, 0.05) is 10.0 Å². The summed E-state index contributed by atoms with van der Waals surface area (Å²) in [6.45, 7) is 4.10. The van der Waals surface area contributed by atoms with Gasteiger partial charge in [0.2, 0.25) is 0 Å². The van der Waals surface area contributed by atoms with Gasteiger partial charge in [0.25, 0.3) is 0 Å². The number of hydrogen-bond donors (Lipinski definition) is 1. The molecule has 0 radical (unpaired) electrons. The maximum atomic E-state index is 10.1. The first-order valence-corrected chi connectivity index (χ1v) is 6.07. The van der Waals surface area contributed by atoms with E-state index in [2.05, 4.69) is 22.9 Å². The van der Waals surface area contributed by atoms with E-state index in [1.165, 1.54) is 0 Å². The number of aliphatic hydroxyl groups is 1. The molecule has 1 N–H and O–H groups in total. The SMILES string of the molecule is CCCC1Oc2c(C)cc(Br)cc2C1O. The van der Waals surface area contributed by atoms with E-state index in [1.807, 2.05) is 19.1 Å². The van der Waals surface area contributed by atoms with Crippen molar-refractivity contribution in [1.82, 2.24) is 0 Å². The lowest BCUT2D eigenvalue weighted by Crippen LogP contribution is -2.17. The molecule has 82 valence electrons. The molecule has 0 saturated carbocycles. The second-order valence-electron chi connectivity index (χ2n) is 4.03. The monoisotopic (exact) mass is 270 g/mol. The number of ether oxygens (including phenoxy) is 1. The average Bonchev–Trinajstić information content (AvgIpc) is 2.47. The Hall–Kier alpha value is -0.540. The molecule has 1 aliphatic heterocycles. The lowest BCUT2D eigenvalue weighted by atomic mass is 10.0. The lowest BCUT2D eigenvalue weighted by molar-refractivity contribution is 0.0614. The first kappa shape index (κ1) is 11.0. The molecule has 3 heteroatoms. The Bertz CT molecular complexity index is 376. The highest BCUT2D eigenvalue weighted by molar-refractivity contribution is 9.10. The molecular weight excluding hydrogens is 256 g/mol. The summed E-state index contributed by atoms with van der Waals surface area (Å²) >= 11 is 3.44. The minimum absolute atomic E-state index is 0.0713. The smallest absolute Gasteiger partial charge is 0.129 e. The highest BCUT2D eigenvalue weighted by atomic mass is 79.9. The molecule has 1 aromatic rings. The lowest BCUT2D eigenvalue weighted by Gasteiger charge is -2.12. The second kappa shape index (κ2) is 4.14. The number of hydrogen-bond acceptors (Lipinski definition) is 2. The molecule has 2 rings (SSSR count). The van der Waals surface area contributed by atoms with Crippen molar-refractivity contribution in [3.63, 3.8) is 0 Å². The molecule has 0 aliphatic carbocycles. The molecule has 0 bridgehead atoms. The maximum absolute atomic E-state index is 10.1. The summed E-state index contributed by atoms with van der Waals surface area (Å²) in [6.07, 6.45) is 1.37. The number of benzene rings is 1. The zero-order valence-electron chi connectivity index (χ0n) is 8.96. The molecule has 1 aromatic carbocycles. The summed E-state index contributed by atoms with van der Waals surface area (Å²) in [5, 5.41) is 10.1. The van der Waals surface area contributed by atoms with E-state index in [1.54, 1.807) is 0 Å². The molecule has 2 atom stereocenters. The van der Waals surface area contributed by atoms with Gasteiger partial charge in [0.15, 0.2) is 0 Å². The highest BCUT2D eigenvalue weighted by Crippen LogP contribution is 2.42. The van der Waals surface area contributed by atoms with E-state index < -0.39 is 6.10 Å². The van der Waals surface area contributed by atoms with Crippen molar-refractivity contribution in [2.75, 3.05) is 0 Å². The first-order chi connectivity index (χ1) is 7.13. The molecular formula is C12H15BrO2. The Balaban J connectivity index is 2.36. The molecule has 1 aliphatic rings. The molecule has 2 nitrogen and oxygen atoms in total. The summed E-state index contributed by atoms with van der Waals surface area (Å²) in [5.74, 6) is 0.865. The molecule has 0 aromatic heterocycles. The van der Waals surface area contributed by atoms with Gasteiger partial charge in [-0.25, -0.2) is 0 Å². The quantitative estimate of drug-likeness (QED) is 0.893. The van der Waals surface area contributed by atoms with Crippen LogP contribution in [0.5, 0.6) is 5.75 Å². The fraction of sp³-hybridized carbons (Fsp3) is 0.500. The van der Waals surface area contributed by atoms with Crippen LogP contribution in [0.2, 0.25) is 0 Å². The van der Waals surface area contributed by atoms with Crippen LogP contribution < -0.4 is 4.74 Å². The van der Waals surface area contributed by atoms with Gasteiger partial charge in [-0.15, -0.1) is 0 Å². The largest absolute Gasteiger partial charge is 0.487 e. The fourth-order valence-corrected chi connectivity index (χ4v) is 2.64. The Morgan fingerprint density at radius 2 is 2.20 bits per heavy atom. The zero-order chi connectivity index (χ0) is 11.0. The number of aliphatic hydroxyl groups excluding tert-OH is 1. The molecule has 0 fully saturated rings. The van der Waals surface area contributed by atoms with Crippen LogP contribution in [0.15, 0.2) is 16.6 Å². The molecule has 15 heavy (non-hydrogen) atoms. The van der Waals surface area contributed by atoms with E-state index in [9.17, 15) is 5.11 Å². The van der Waals surface area contributed by atoms with Crippen molar-refractivity contribution in [1.29, 1.82) is 0 Å². The van der Waals surface area contributed by atoms with Crippen molar-refractivity contribution in [3.8, 4) is 5.75 Å². The Kier molecular flexibility index (Phi) is 3.03. The third-order valence-electron chi connectivity index (χ3n) is 2.78. The van der Waals surface area contributed by atoms with Gasteiger partial charge in [0.05, 0.1) is 0 Å². The number of halogens is 1. The third-order valence-corrected chi connectivity index (χ3v) is 3.24. The van der Waals surface area contributed by atoms with E-state index in [0.29, 0.717) is 0 Å². The molecule has 0 spiro atoms. The van der Waals surface area contributed by atoms with Crippen molar-refractivity contribution >= 4 is 15.9 Å². The van der Waals surface area contributed by atoms with Gasteiger partial charge in [0.1, 0.15) is 18.0 Å². The van der Waals surface area contributed by atoms with Crippen LogP contribution in [-0.4, -0.2) is 11.2 Å². The number of fused-ring (bicyclic) bond motifs is 1. The molecule has 0 saturated heterocycles. The minimum atomic E-state index is -0.476. The molecule has 0 amide bonds. The maximum Gasteiger partial charge on any atom is 0.129 e. The van der Waals surface area contributed by atoms with Crippen molar-refractivity contribution in [2.45, 2.75) is 38.9 Å². The van der Waals surface area contributed by atoms with Gasteiger partial charge in [-0.05, 0) is 31.0 Å². The van der Waals surface area contributed by atoms with Crippen LogP contribution in [0.1, 0.15) is 37.0 Å². The zero-order valence-corrected chi connectivity index (χ0v) is 10.5. The van der Waals surface area contributed by atoms with E-state index in [0.717, 1.165) is 34.2 Å². The predicted octanol–water partition coefficient (Wildman–Crippen LogP) is 3.35. The number of rotatable bonds is 2. The van der Waals surface area contributed by atoms with Crippen LogP contribution in [-0.2, 0) is 0 Å². The van der Waals surface area contributed by atoms with Crippen LogP contribution in [0.25, 0.3) is 0 Å². The van der Waals surface area contributed by atoms with Crippen LogP contribution in [0.3, 0.4) is 0 Å². The summed E-state index contributed by atoms with van der Waals surface area (Å²) in [5.41, 5.74) is 2.00.